The number of benzene rings is 1. The van der Waals surface area contributed by atoms with Gasteiger partial charge in [0.1, 0.15) is 0 Å². The van der Waals surface area contributed by atoms with Crippen LogP contribution in [0.3, 0.4) is 0 Å². The van der Waals surface area contributed by atoms with Gasteiger partial charge in [0.2, 0.25) is 0 Å². The smallest absolute Gasteiger partial charge is 0.315 e. The number of likely N-dealkylation sites (N-methyl/N-ethyl adjacent to an activating group) is 1. The molecule has 0 spiro atoms. The highest BCUT2D eigenvalue weighted by Crippen LogP contribution is 2.25. The van der Waals surface area contributed by atoms with Gasteiger partial charge in [0.15, 0.2) is 11.6 Å². The quantitative estimate of drug-likeness (QED) is 0.842. The molecule has 26 heavy (non-hydrogen) atoms. The van der Waals surface area contributed by atoms with Crippen molar-refractivity contribution >= 4 is 11.7 Å². The second kappa shape index (κ2) is 8.66. The lowest BCUT2D eigenvalue weighted by Gasteiger charge is -2.32. The minimum atomic E-state index is -0.827. The number of hydrogen-bond acceptors (Lipinski definition) is 3. The molecule has 2 amide bonds. The molecule has 2 atom stereocenters. The van der Waals surface area contributed by atoms with Crippen LogP contribution in [0.15, 0.2) is 18.2 Å². The maximum absolute atomic E-state index is 13.4. The van der Waals surface area contributed by atoms with Crippen molar-refractivity contribution in [1.29, 1.82) is 0 Å². The third-order valence-electron chi connectivity index (χ3n) is 5.39. The minimum Gasteiger partial charge on any atom is -0.371 e. The summed E-state index contributed by atoms with van der Waals surface area (Å²) in [6.45, 7) is 7.29. The van der Waals surface area contributed by atoms with Crippen LogP contribution < -0.4 is 15.5 Å². The number of piperidine rings is 1. The topological polar surface area (TPSA) is 47.6 Å². The molecule has 0 unspecified atom stereocenters. The van der Waals surface area contributed by atoms with E-state index in [1.54, 1.807) is 6.07 Å². The van der Waals surface area contributed by atoms with E-state index >= 15 is 0 Å². The number of urea groups is 1. The lowest BCUT2D eigenvalue weighted by atomic mass is 10.1. The van der Waals surface area contributed by atoms with Crippen LogP contribution in [0.4, 0.5) is 19.3 Å². The number of nitrogens with one attached hydrogen (secondary N) is 2. The molecule has 5 nitrogen and oxygen atoms in total. The number of amides is 2. The monoisotopic (exact) mass is 366 g/mol. The van der Waals surface area contributed by atoms with Gasteiger partial charge in [-0.2, -0.15) is 0 Å². The summed E-state index contributed by atoms with van der Waals surface area (Å²) in [5.41, 5.74) is 0.692. The number of rotatable bonds is 5. The molecule has 2 aliphatic rings. The minimum absolute atomic E-state index is 0.112. The standard InChI is InChI=1S/C19H28F2N4O/c1-2-24-8-3-4-15(13-24)23-19(26)22-11-14-7-9-25(12-14)16-5-6-17(20)18(21)10-16/h5-6,10,14-15H,2-4,7-9,11-13H2,1H3,(H2,22,23,26)/t14-,15+/m1/s1. The Labute approximate surface area is 153 Å². The van der Waals surface area contributed by atoms with E-state index in [2.05, 4.69) is 22.5 Å². The van der Waals surface area contributed by atoms with E-state index in [0.29, 0.717) is 18.2 Å². The van der Waals surface area contributed by atoms with Gasteiger partial charge in [-0.05, 0) is 50.4 Å². The van der Waals surface area contributed by atoms with Crippen LogP contribution in [0.25, 0.3) is 0 Å². The van der Waals surface area contributed by atoms with Crippen LogP contribution in [0.2, 0.25) is 0 Å². The Morgan fingerprint density at radius 1 is 1.19 bits per heavy atom. The van der Waals surface area contributed by atoms with Gasteiger partial charge in [0.25, 0.3) is 0 Å². The zero-order chi connectivity index (χ0) is 18.5. The molecule has 3 rings (SSSR count). The molecule has 0 radical (unpaired) electrons. The summed E-state index contributed by atoms with van der Waals surface area (Å²) in [4.78, 5) is 16.5. The van der Waals surface area contributed by atoms with Crippen LogP contribution >= 0.6 is 0 Å². The van der Waals surface area contributed by atoms with Crippen LogP contribution in [0.1, 0.15) is 26.2 Å². The Balaban J connectivity index is 1.41. The van der Waals surface area contributed by atoms with Gasteiger partial charge in [-0.25, -0.2) is 13.6 Å². The maximum Gasteiger partial charge on any atom is 0.315 e. The molecular formula is C19H28F2N4O. The number of carbonyl (C=O) groups excluding carboxylic acids is 1. The molecule has 2 saturated heterocycles. The first-order valence-electron chi connectivity index (χ1n) is 9.52. The summed E-state index contributed by atoms with van der Waals surface area (Å²) >= 11 is 0. The normalized spacial score (nSPS) is 23.9. The second-order valence-electron chi connectivity index (χ2n) is 7.29. The highest BCUT2D eigenvalue weighted by Gasteiger charge is 2.25. The van der Waals surface area contributed by atoms with E-state index in [9.17, 15) is 13.6 Å². The number of likely N-dealkylation sites (tertiary alicyclic amines) is 1. The Kier molecular flexibility index (Phi) is 6.29. The molecule has 0 aromatic heterocycles. The molecule has 0 saturated carbocycles. The summed E-state index contributed by atoms with van der Waals surface area (Å²) in [5, 5.41) is 6.04. The van der Waals surface area contributed by atoms with Gasteiger partial charge < -0.3 is 20.4 Å². The Morgan fingerprint density at radius 3 is 2.81 bits per heavy atom. The zero-order valence-electron chi connectivity index (χ0n) is 15.3. The predicted octanol–water partition coefficient (Wildman–Crippen LogP) is 2.57. The van der Waals surface area contributed by atoms with Crippen LogP contribution in [0, 0.1) is 17.6 Å². The van der Waals surface area contributed by atoms with Crippen molar-refractivity contribution in [3.63, 3.8) is 0 Å². The van der Waals surface area contributed by atoms with E-state index in [1.807, 2.05) is 4.90 Å². The second-order valence-corrected chi connectivity index (χ2v) is 7.29. The van der Waals surface area contributed by atoms with E-state index in [1.165, 1.54) is 6.07 Å². The zero-order valence-corrected chi connectivity index (χ0v) is 15.3. The lowest BCUT2D eigenvalue weighted by Crippen LogP contribution is -2.51. The third kappa shape index (κ3) is 4.84. The number of hydrogen-bond donors (Lipinski definition) is 2. The van der Waals surface area contributed by atoms with Gasteiger partial charge in [-0.15, -0.1) is 0 Å². The molecule has 2 aliphatic heterocycles. The highest BCUT2D eigenvalue weighted by atomic mass is 19.2. The fraction of sp³-hybridized carbons (Fsp3) is 0.632. The van der Waals surface area contributed by atoms with E-state index in [-0.39, 0.29) is 12.1 Å². The lowest BCUT2D eigenvalue weighted by molar-refractivity contribution is 0.192. The first kappa shape index (κ1) is 18.9. The Hall–Kier alpha value is -1.89. The summed E-state index contributed by atoms with van der Waals surface area (Å²) in [5.74, 6) is -1.34. The fourth-order valence-electron chi connectivity index (χ4n) is 3.85. The van der Waals surface area contributed by atoms with Crippen molar-refractivity contribution in [3.05, 3.63) is 29.8 Å². The molecule has 144 valence electrons. The molecular weight excluding hydrogens is 338 g/mol. The third-order valence-corrected chi connectivity index (χ3v) is 5.39. The van der Waals surface area contributed by atoms with Gasteiger partial charge in [0.05, 0.1) is 0 Å². The van der Waals surface area contributed by atoms with E-state index in [0.717, 1.165) is 58.1 Å². The summed E-state index contributed by atoms with van der Waals surface area (Å²) in [6, 6.07) is 4.10. The fourth-order valence-corrected chi connectivity index (χ4v) is 3.85. The van der Waals surface area contributed by atoms with Crippen molar-refractivity contribution < 1.29 is 13.6 Å². The first-order chi connectivity index (χ1) is 12.5. The van der Waals surface area contributed by atoms with Gasteiger partial charge in [0, 0.05) is 44.0 Å². The van der Waals surface area contributed by atoms with Crippen molar-refractivity contribution in [2.75, 3.05) is 44.2 Å². The van der Waals surface area contributed by atoms with Crippen molar-refractivity contribution in [1.82, 2.24) is 15.5 Å². The van der Waals surface area contributed by atoms with Crippen molar-refractivity contribution in [3.8, 4) is 0 Å². The molecule has 2 fully saturated rings. The van der Waals surface area contributed by atoms with E-state index < -0.39 is 11.6 Å². The Morgan fingerprint density at radius 2 is 2.04 bits per heavy atom. The largest absolute Gasteiger partial charge is 0.371 e. The Bertz CT molecular complexity index is 628. The molecule has 2 N–H and O–H groups in total. The van der Waals surface area contributed by atoms with Gasteiger partial charge in [-0.3, -0.25) is 0 Å². The van der Waals surface area contributed by atoms with Crippen LogP contribution in [-0.4, -0.2) is 56.2 Å². The molecule has 1 aromatic carbocycles. The highest BCUT2D eigenvalue weighted by molar-refractivity contribution is 5.74. The van der Waals surface area contributed by atoms with Crippen LogP contribution in [0.5, 0.6) is 0 Å². The number of anilines is 1. The average molecular weight is 366 g/mol. The van der Waals surface area contributed by atoms with Crippen LogP contribution in [-0.2, 0) is 0 Å². The molecule has 7 heteroatoms. The van der Waals surface area contributed by atoms with Crippen molar-refractivity contribution in [2.45, 2.75) is 32.2 Å². The SMILES string of the molecule is CCN1CCC[C@H](NC(=O)NC[C@H]2CCN(c3ccc(F)c(F)c3)C2)C1. The number of halogens is 2. The average Bonchev–Trinajstić information content (AvgIpc) is 3.11. The van der Waals surface area contributed by atoms with Gasteiger partial charge in [-0.1, -0.05) is 6.92 Å². The molecule has 2 heterocycles. The van der Waals surface area contributed by atoms with E-state index in [4.69, 9.17) is 0 Å². The summed E-state index contributed by atoms with van der Waals surface area (Å²) < 4.78 is 26.4. The number of carbonyl (C=O) groups is 1. The first-order valence-corrected chi connectivity index (χ1v) is 9.52. The molecule has 1 aromatic rings. The number of nitrogens with zero attached hydrogens (tertiary/aromatic N) is 2. The maximum atomic E-state index is 13.4. The molecule has 0 aliphatic carbocycles. The predicted molar refractivity (Wildman–Crippen MR) is 98.3 cm³/mol. The van der Waals surface area contributed by atoms with Crippen molar-refractivity contribution in [2.24, 2.45) is 5.92 Å². The summed E-state index contributed by atoms with van der Waals surface area (Å²) in [7, 11) is 0. The molecule has 0 bridgehead atoms. The van der Waals surface area contributed by atoms with Gasteiger partial charge >= 0.3 is 6.03 Å². The summed E-state index contributed by atoms with van der Waals surface area (Å²) in [6.07, 6.45) is 3.06.